The molecule has 5 heteroatoms. The van der Waals surface area contributed by atoms with Gasteiger partial charge in [-0.15, -0.1) is 0 Å². The van der Waals surface area contributed by atoms with Crippen LogP contribution in [0, 0.1) is 17.1 Å². The van der Waals surface area contributed by atoms with E-state index < -0.39 is 11.4 Å². The summed E-state index contributed by atoms with van der Waals surface area (Å²) < 4.78 is 19.3. The number of nitriles is 1. The standard InChI is InChI=1S/C19H13FN2O2/c1-24-13-6-4-5-12(9-13)18-10-15(16(11-21)19(23)22-18)14-7-2-3-8-17(14)20/h2-10H,1H3,(H,22,23). The number of H-pyrrole nitrogens is 1. The van der Waals surface area contributed by atoms with E-state index in [0.29, 0.717) is 17.0 Å². The Morgan fingerprint density at radius 3 is 2.58 bits per heavy atom. The van der Waals surface area contributed by atoms with E-state index in [9.17, 15) is 14.4 Å². The van der Waals surface area contributed by atoms with E-state index in [1.54, 1.807) is 55.6 Å². The number of rotatable bonds is 3. The van der Waals surface area contributed by atoms with Crippen molar-refractivity contribution in [2.24, 2.45) is 0 Å². The van der Waals surface area contributed by atoms with E-state index in [-0.39, 0.29) is 16.7 Å². The average molecular weight is 320 g/mol. The smallest absolute Gasteiger partial charge is 0.266 e. The molecule has 1 N–H and O–H groups in total. The lowest BCUT2D eigenvalue weighted by atomic mass is 9.98. The molecule has 1 aromatic heterocycles. The predicted molar refractivity (Wildman–Crippen MR) is 89.2 cm³/mol. The monoisotopic (exact) mass is 320 g/mol. The van der Waals surface area contributed by atoms with Crippen LogP contribution in [0.2, 0.25) is 0 Å². The summed E-state index contributed by atoms with van der Waals surface area (Å²) in [5.41, 5.74) is 0.981. The number of halogens is 1. The molecule has 0 bridgehead atoms. The van der Waals surface area contributed by atoms with Gasteiger partial charge in [0.15, 0.2) is 0 Å². The zero-order valence-electron chi connectivity index (χ0n) is 12.8. The van der Waals surface area contributed by atoms with E-state index in [1.165, 1.54) is 6.07 Å². The molecule has 4 nitrogen and oxygen atoms in total. The highest BCUT2D eigenvalue weighted by molar-refractivity contribution is 5.75. The first-order valence-electron chi connectivity index (χ1n) is 7.21. The number of aromatic nitrogens is 1. The summed E-state index contributed by atoms with van der Waals surface area (Å²) in [6.07, 6.45) is 0. The summed E-state index contributed by atoms with van der Waals surface area (Å²) in [5, 5.41) is 9.28. The van der Waals surface area contributed by atoms with Crippen LogP contribution in [0.1, 0.15) is 5.56 Å². The third-order valence-corrected chi connectivity index (χ3v) is 3.69. The lowest BCUT2D eigenvalue weighted by molar-refractivity contribution is 0.415. The molecule has 0 aliphatic carbocycles. The maximum absolute atomic E-state index is 14.1. The zero-order valence-corrected chi connectivity index (χ0v) is 12.8. The highest BCUT2D eigenvalue weighted by Gasteiger charge is 2.15. The third-order valence-electron chi connectivity index (χ3n) is 3.69. The molecular formula is C19H13FN2O2. The van der Waals surface area contributed by atoms with Gasteiger partial charge in [-0.2, -0.15) is 5.26 Å². The van der Waals surface area contributed by atoms with E-state index in [2.05, 4.69) is 4.98 Å². The van der Waals surface area contributed by atoms with E-state index in [1.807, 2.05) is 6.07 Å². The van der Waals surface area contributed by atoms with Gasteiger partial charge in [-0.1, -0.05) is 30.3 Å². The van der Waals surface area contributed by atoms with Crippen LogP contribution in [0.25, 0.3) is 22.4 Å². The van der Waals surface area contributed by atoms with Crippen LogP contribution >= 0.6 is 0 Å². The number of aromatic amines is 1. The number of nitrogens with zero attached hydrogens (tertiary/aromatic N) is 1. The van der Waals surface area contributed by atoms with E-state index in [0.717, 1.165) is 0 Å². The molecule has 0 saturated carbocycles. The Hall–Kier alpha value is -3.39. The first-order valence-corrected chi connectivity index (χ1v) is 7.21. The minimum atomic E-state index is -0.559. The number of ether oxygens (including phenoxy) is 1. The van der Waals surface area contributed by atoms with Crippen molar-refractivity contribution in [3.63, 3.8) is 0 Å². The molecule has 3 aromatic rings. The molecule has 2 aromatic carbocycles. The summed E-state index contributed by atoms with van der Waals surface area (Å²) in [4.78, 5) is 14.9. The van der Waals surface area contributed by atoms with Gasteiger partial charge >= 0.3 is 0 Å². The molecule has 0 aliphatic heterocycles. The van der Waals surface area contributed by atoms with Crippen molar-refractivity contribution < 1.29 is 9.13 Å². The summed E-state index contributed by atoms with van der Waals surface area (Å²) in [7, 11) is 1.55. The first-order chi connectivity index (χ1) is 11.6. The fraction of sp³-hybridized carbons (Fsp3) is 0.0526. The van der Waals surface area contributed by atoms with Crippen LogP contribution < -0.4 is 10.3 Å². The van der Waals surface area contributed by atoms with Gasteiger partial charge in [-0.05, 0) is 24.3 Å². The van der Waals surface area contributed by atoms with Gasteiger partial charge in [0.2, 0.25) is 0 Å². The molecule has 24 heavy (non-hydrogen) atoms. The third kappa shape index (κ3) is 2.77. The normalized spacial score (nSPS) is 10.2. The number of hydrogen-bond acceptors (Lipinski definition) is 3. The van der Waals surface area contributed by atoms with Gasteiger partial charge in [0.1, 0.15) is 23.2 Å². The van der Waals surface area contributed by atoms with E-state index in [4.69, 9.17) is 4.74 Å². The molecule has 3 rings (SSSR count). The Labute approximate surface area is 137 Å². The lowest BCUT2D eigenvalue weighted by Gasteiger charge is -2.09. The van der Waals surface area contributed by atoms with Crippen molar-refractivity contribution in [2.75, 3.05) is 7.11 Å². The summed E-state index contributed by atoms with van der Waals surface area (Å²) in [6.45, 7) is 0. The van der Waals surface area contributed by atoms with Crippen LogP contribution in [0.3, 0.4) is 0 Å². The molecule has 0 spiro atoms. The highest BCUT2D eigenvalue weighted by atomic mass is 19.1. The largest absolute Gasteiger partial charge is 0.497 e. The molecule has 0 radical (unpaired) electrons. The molecule has 1 heterocycles. The number of benzene rings is 2. The maximum atomic E-state index is 14.1. The second kappa shape index (κ2) is 6.39. The van der Waals surface area contributed by atoms with Crippen LogP contribution in [0.15, 0.2) is 59.4 Å². The van der Waals surface area contributed by atoms with Crippen molar-refractivity contribution >= 4 is 0 Å². The molecule has 0 atom stereocenters. The van der Waals surface area contributed by atoms with Crippen LogP contribution in [-0.4, -0.2) is 12.1 Å². The number of hydrogen-bond donors (Lipinski definition) is 1. The summed E-state index contributed by atoms with van der Waals surface area (Å²) in [5.74, 6) is 0.140. The van der Waals surface area contributed by atoms with Crippen LogP contribution in [0.5, 0.6) is 5.75 Å². The molecule has 0 unspecified atom stereocenters. The summed E-state index contributed by atoms with van der Waals surface area (Å²) >= 11 is 0. The quantitative estimate of drug-likeness (QED) is 0.799. The Morgan fingerprint density at radius 1 is 1.08 bits per heavy atom. The molecule has 0 fully saturated rings. The van der Waals surface area contributed by atoms with E-state index >= 15 is 0 Å². The molecule has 0 aliphatic rings. The molecule has 118 valence electrons. The highest BCUT2D eigenvalue weighted by Crippen LogP contribution is 2.29. The molecule has 0 saturated heterocycles. The lowest BCUT2D eigenvalue weighted by Crippen LogP contribution is -2.13. The fourth-order valence-electron chi connectivity index (χ4n) is 2.51. The second-order valence-electron chi connectivity index (χ2n) is 5.12. The number of methoxy groups -OCH3 is 1. The predicted octanol–water partition coefficient (Wildman–Crippen LogP) is 3.73. The Bertz CT molecular complexity index is 1000. The summed E-state index contributed by atoms with van der Waals surface area (Å²) in [6, 6.07) is 16.6. The average Bonchev–Trinajstić information content (AvgIpc) is 2.61. The van der Waals surface area contributed by atoms with Gasteiger partial charge in [-0.25, -0.2) is 4.39 Å². The second-order valence-corrected chi connectivity index (χ2v) is 5.12. The number of pyridine rings is 1. The Balaban J connectivity index is 2.27. The SMILES string of the molecule is COc1cccc(-c2cc(-c3ccccc3F)c(C#N)c(=O)[nH]2)c1. The minimum Gasteiger partial charge on any atom is -0.497 e. The Morgan fingerprint density at radius 2 is 1.88 bits per heavy atom. The topological polar surface area (TPSA) is 65.9 Å². The maximum Gasteiger partial charge on any atom is 0.266 e. The van der Waals surface area contributed by atoms with Crippen molar-refractivity contribution in [1.82, 2.24) is 4.98 Å². The Kier molecular flexibility index (Phi) is 4.13. The van der Waals surface area contributed by atoms with Crippen molar-refractivity contribution in [2.45, 2.75) is 0 Å². The van der Waals surface area contributed by atoms with Gasteiger partial charge < -0.3 is 9.72 Å². The first kappa shape index (κ1) is 15.5. The molecule has 0 amide bonds. The van der Waals surface area contributed by atoms with Crippen molar-refractivity contribution in [3.05, 3.63) is 76.3 Å². The van der Waals surface area contributed by atoms with Crippen molar-refractivity contribution in [3.8, 4) is 34.2 Å². The van der Waals surface area contributed by atoms with Gasteiger partial charge in [0.25, 0.3) is 5.56 Å². The van der Waals surface area contributed by atoms with Crippen molar-refractivity contribution in [1.29, 1.82) is 5.26 Å². The molecular weight excluding hydrogens is 307 g/mol. The van der Waals surface area contributed by atoms with Gasteiger partial charge in [-0.3, -0.25) is 4.79 Å². The fourth-order valence-corrected chi connectivity index (χ4v) is 2.51. The van der Waals surface area contributed by atoms with Crippen LogP contribution in [-0.2, 0) is 0 Å². The van der Waals surface area contributed by atoms with Crippen LogP contribution in [0.4, 0.5) is 4.39 Å². The van der Waals surface area contributed by atoms with Gasteiger partial charge in [0.05, 0.1) is 7.11 Å². The minimum absolute atomic E-state index is 0.119. The zero-order chi connectivity index (χ0) is 17.1. The van der Waals surface area contributed by atoms with Gasteiger partial charge in [0, 0.05) is 22.4 Å². The number of nitrogens with one attached hydrogen (secondary N) is 1.